The van der Waals surface area contributed by atoms with Gasteiger partial charge in [0.25, 0.3) is 0 Å². The molecule has 4 nitrogen and oxygen atoms in total. The Hall–Kier alpha value is -0.620. The fourth-order valence-corrected chi connectivity index (χ4v) is 3.43. The maximum absolute atomic E-state index is 12.2. The molecule has 3 N–H and O–H groups in total. The number of sulfonamides is 1. The molecule has 0 bridgehead atoms. The van der Waals surface area contributed by atoms with Gasteiger partial charge in [-0.2, -0.15) is 0 Å². The van der Waals surface area contributed by atoms with Crippen LogP contribution < -0.4 is 10.5 Å². The predicted molar refractivity (Wildman–Crippen MR) is 78.6 cm³/mol. The summed E-state index contributed by atoms with van der Waals surface area (Å²) >= 11 is 5.96. The van der Waals surface area contributed by atoms with Crippen molar-refractivity contribution in [3.63, 3.8) is 0 Å². The molecule has 0 aliphatic carbocycles. The van der Waals surface area contributed by atoms with E-state index in [-0.39, 0.29) is 16.5 Å². The molecule has 108 valence electrons. The van der Waals surface area contributed by atoms with E-state index in [1.54, 1.807) is 12.1 Å². The van der Waals surface area contributed by atoms with E-state index in [1.807, 2.05) is 13.8 Å². The molecule has 0 aliphatic rings. The van der Waals surface area contributed by atoms with Gasteiger partial charge >= 0.3 is 0 Å². The van der Waals surface area contributed by atoms with Crippen LogP contribution in [0.4, 0.5) is 0 Å². The van der Waals surface area contributed by atoms with Crippen molar-refractivity contribution in [2.75, 3.05) is 6.54 Å². The van der Waals surface area contributed by atoms with Crippen LogP contribution in [-0.4, -0.2) is 15.0 Å². The van der Waals surface area contributed by atoms with Gasteiger partial charge in [-0.05, 0) is 23.6 Å². The third kappa shape index (κ3) is 4.45. The zero-order valence-electron chi connectivity index (χ0n) is 11.3. The fraction of sp³-hybridized carbons (Fsp3) is 0.538. The summed E-state index contributed by atoms with van der Waals surface area (Å²) in [5.41, 5.74) is 6.26. The lowest BCUT2D eigenvalue weighted by Crippen LogP contribution is -2.29. The summed E-state index contributed by atoms with van der Waals surface area (Å²) in [4.78, 5) is 0.100. The molecule has 0 spiro atoms. The van der Waals surface area contributed by atoms with Gasteiger partial charge in [0.15, 0.2) is 0 Å². The molecule has 1 aromatic rings. The smallest absolute Gasteiger partial charge is 0.242 e. The number of benzene rings is 1. The Bertz CT molecular complexity index is 513. The van der Waals surface area contributed by atoms with Crippen LogP contribution in [0.5, 0.6) is 0 Å². The molecule has 0 amide bonds. The van der Waals surface area contributed by atoms with Crippen LogP contribution >= 0.6 is 11.6 Å². The van der Waals surface area contributed by atoms with E-state index in [0.717, 1.165) is 18.4 Å². The second-order valence-electron chi connectivity index (χ2n) is 4.50. The summed E-state index contributed by atoms with van der Waals surface area (Å²) in [6.45, 7) is 4.81. The SMILES string of the molecule is CCC(CC)CNS(=O)(=O)c1cc(CN)ccc1Cl. The second-order valence-corrected chi connectivity index (χ2v) is 6.65. The molecule has 0 radical (unpaired) electrons. The van der Waals surface area contributed by atoms with E-state index in [2.05, 4.69) is 4.72 Å². The van der Waals surface area contributed by atoms with Crippen LogP contribution in [0.3, 0.4) is 0 Å². The zero-order valence-corrected chi connectivity index (χ0v) is 12.9. The van der Waals surface area contributed by atoms with Crippen LogP contribution in [0.2, 0.25) is 5.02 Å². The molecule has 6 heteroatoms. The van der Waals surface area contributed by atoms with Crippen LogP contribution in [-0.2, 0) is 16.6 Å². The van der Waals surface area contributed by atoms with Crippen LogP contribution in [0.15, 0.2) is 23.1 Å². The maximum Gasteiger partial charge on any atom is 0.242 e. The minimum atomic E-state index is -3.58. The normalized spacial score (nSPS) is 12.1. The summed E-state index contributed by atoms with van der Waals surface area (Å²) in [5.74, 6) is 0.339. The highest BCUT2D eigenvalue weighted by Gasteiger charge is 2.19. The molecule has 0 fully saturated rings. The van der Waals surface area contributed by atoms with Gasteiger partial charge in [0, 0.05) is 13.1 Å². The third-order valence-corrected chi connectivity index (χ3v) is 5.14. The van der Waals surface area contributed by atoms with Gasteiger partial charge in [0.2, 0.25) is 10.0 Å². The van der Waals surface area contributed by atoms with Gasteiger partial charge < -0.3 is 5.73 Å². The lowest BCUT2D eigenvalue weighted by molar-refractivity contribution is 0.479. The highest BCUT2D eigenvalue weighted by Crippen LogP contribution is 2.22. The lowest BCUT2D eigenvalue weighted by atomic mass is 10.0. The molecule has 0 aromatic heterocycles. The first-order valence-electron chi connectivity index (χ1n) is 6.42. The van der Waals surface area contributed by atoms with Gasteiger partial charge in [-0.1, -0.05) is 44.4 Å². The Morgan fingerprint density at radius 3 is 2.47 bits per heavy atom. The van der Waals surface area contributed by atoms with Crippen molar-refractivity contribution >= 4 is 21.6 Å². The van der Waals surface area contributed by atoms with Crippen molar-refractivity contribution in [3.8, 4) is 0 Å². The van der Waals surface area contributed by atoms with Crippen LogP contribution in [0.1, 0.15) is 32.3 Å². The Labute approximate surface area is 120 Å². The first-order chi connectivity index (χ1) is 8.94. The predicted octanol–water partition coefficient (Wildman–Crippen LogP) is 2.51. The number of halogens is 1. The summed E-state index contributed by atoms with van der Waals surface area (Å²) in [6.07, 6.45) is 1.88. The Kier molecular flexibility index (Phi) is 6.26. The maximum atomic E-state index is 12.2. The number of nitrogens with two attached hydrogens (primary N) is 1. The molecule has 1 aromatic carbocycles. The van der Waals surface area contributed by atoms with Crippen molar-refractivity contribution in [2.24, 2.45) is 11.7 Å². The molecule has 0 atom stereocenters. The zero-order chi connectivity index (χ0) is 14.5. The molecule has 0 aliphatic heterocycles. The molecular weight excluding hydrogens is 284 g/mol. The van der Waals surface area contributed by atoms with E-state index in [0.29, 0.717) is 12.5 Å². The largest absolute Gasteiger partial charge is 0.326 e. The minimum Gasteiger partial charge on any atom is -0.326 e. The Balaban J connectivity index is 2.93. The van der Waals surface area contributed by atoms with Crippen LogP contribution in [0, 0.1) is 5.92 Å². The van der Waals surface area contributed by atoms with Crippen molar-refractivity contribution < 1.29 is 8.42 Å². The topological polar surface area (TPSA) is 72.2 Å². The number of nitrogens with one attached hydrogen (secondary N) is 1. The van der Waals surface area contributed by atoms with Crippen molar-refractivity contribution in [2.45, 2.75) is 38.1 Å². The Morgan fingerprint density at radius 1 is 1.32 bits per heavy atom. The lowest BCUT2D eigenvalue weighted by Gasteiger charge is -2.14. The molecule has 0 saturated carbocycles. The van der Waals surface area contributed by atoms with Gasteiger partial charge in [0.1, 0.15) is 4.90 Å². The van der Waals surface area contributed by atoms with E-state index in [4.69, 9.17) is 17.3 Å². The molecular formula is C13H21ClN2O2S. The fourth-order valence-electron chi connectivity index (χ4n) is 1.76. The summed E-state index contributed by atoms with van der Waals surface area (Å²) in [7, 11) is -3.58. The van der Waals surface area contributed by atoms with E-state index < -0.39 is 10.0 Å². The first-order valence-corrected chi connectivity index (χ1v) is 8.28. The molecule has 19 heavy (non-hydrogen) atoms. The first kappa shape index (κ1) is 16.4. The second kappa shape index (κ2) is 7.24. The summed E-state index contributed by atoms with van der Waals surface area (Å²) in [5, 5.41) is 0.217. The van der Waals surface area contributed by atoms with Gasteiger partial charge in [-0.3, -0.25) is 0 Å². The third-order valence-electron chi connectivity index (χ3n) is 3.24. The number of hydrogen-bond donors (Lipinski definition) is 2. The molecule has 0 saturated heterocycles. The average Bonchev–Trinajstić information content (AvgIpc) is 2.40. The Morgan fingerprint density at radius 2 is 1.95 bits per heavy atom. The van der Waals surface area contributed by atoms with Crippen molar-refractivity contribution in [1.82, 2.24) is 4.72 Å². The van der Waals surface area contributed by atoms with Crippen molar-refractivity contribution in [3.05, 3.63) is 28.8 Å². The average molecular weight is 305 g/mol. The number of rotatable bonds is 7. The van der Waals surface area contributed by atoms with Gasteiger partial charge in [0.05, 0.1) is 5.02 Å². The van der Waals surface area contributed by atoms with E-state index >= 15 is 0 Å². The standard InChI is InChI=1S/C13H21ClN2O2S/c1-3-10(4-2)9-16-19(17,18)13-7-11(8-15)5-6-12(13)14/h5-7,10,16H,3-4,8-9,15H2,1-2H3. The minimum absolute atomic E-state index is 0.100. The summed E-state index contributed by atoms with van der Waals surface area (Å²) < 4.78 is 27.1. The van der Waals surface area contributed by atoms with Crippen molar-refractivity contribution in [1.29, 1.82) is 0 Å². The monoisotopic (exact) mass is 304 g/mol. The summed E-state index contributed by atoms with van der Waals surface area (Å²) in [6, 6.07) is 4.81. The molecule has 1 rings (SSSR count). The number of hydrogen-bond acceptors (Lipinski definition) is 3. The quantitative estimate of drug-likeness (QED) is 0.813. The van der Waals surface area contributed by atoms with E-state index in [1.165, 1.54) is 6.07 Å². The van der Waals surface area contributed by atoms with Gasteiger partial charge in [-0.25, -0.2) is 13.1 Å². The molecule has 0 heterocycles. The highest BCUT2D eigenvalue weighted by molar-refractivity contribution is 7.89. The highest BCUT2D eigenvalue weighted by atomic mass is 35.5. The van der Waals surface area contributed by atoms with Gasteiger partial charge in [-0.15, -0.1) is 0 Å². The van der Waals surface area contributed by atoms with Crippen LogP contribution in [0.25, 0.3) is 0 Å². The van der Waals surface area contributed by atoms with E-state index in [9.17, 15) is 8.42 Å². The molecule has 0 unspecified atom stereocenters.